The summed E-state index contributed by atoms with van der Waals surface area (Å²) in [7, 11) is 0. The van der Waals surface area contributed by atoms with Crippen molar-refractivity contribution in [1.82, 2.24) is 10.2 Å². The minimum atomic E-state index is 0.0996. The van der Waals surface area contributed by atoms with Gasteiger partial charge in [-0.25, -0.2) is 0 Å². The summed E-state index contributed by atoms with van der Waals surface area (Å²) < 4.78 is 0. The molecule has 3 atom stereocenters. The molecule has 3 unspecified atom stereocenters. The van der Waals surface area contributed by atoms with E-state index in [0.717, 1.165) is 51.9 Å². The van der Waals surface area contributed by atoms with Gasteiger partial charge in [0.1, 0.15) is 0 Å². The Balaban J connectivity index is 2.27. The molecule has 0 aromatic heterocycles. The molecule has 1 rings (SSSR count). The Bertz CT molecular complexity index is 283. The van der Waals surface area contributed by atoms with Crippen LogP contribution in [0, 0.1) is 11.8 Å². The molecule has 0 radical (unpaired) electrons. The second-order valence-corrected chi connectivity index (χ2v) is 6.20. The Morgan fingerprint density at radius 2 is 2.10 bits per heavy atom. The molecule has 1 aliphatic rings. The molecule has 0 bridgehead atoms. The second-order valence-electron chi connectivity index (χ2n) is 6.20. The molecular formula is C16H33N3O. The third kappa shape index (κ3) is 5.80. The summed E-state index contributed by atoms with van der Waals surface area (Å²) in [5, 5.41) is 3.10. The number of hydrogen-bond acceptors (Lipinski definition) is 3. The van der Waals surface area contributed by atoms with E-state index in [1.54, 1.807) is 0 Å². The topological polar surface area (TPSA) is 58.4 Å². The molecule has 0 aromatic rings. The van der Waals surface area contributed by atoms with Gasteiger partial charge in [-0.2, -0.15) is 0 Å². The molecule has 0 heterocycles. The highest BCUT2D eigenvalue weighted by molar-refractivity contribution is 5.78. The van der Waals surface area contributed by atoms with Gasteiger partial charge in [0, 0.05) is 25.0 Å². The first-order valence-electron chi connectivity index (χ1n) is 8.34. The molecule has 0 spiro atoms. The van der Waals surface area contributed by atoms with Crippen molar-refractivity contribution in [3.05, 3.63) is 0 Å². The largest absolute Gasteiger partial charge is 0.355 e. The molecule has 118 valence electrons. The van der Waals surface area contributed by atoms with Crippen molar-refractivity contribution in [2.24, 2.45) is 17.6 Å². The molecule has 1 amide bonds. The first-order chi connectivity index (χ1) is 9.58. The van der Waals surface area contributed by atoms with Gasteiger partial charge in [0.25, 0.3) is 0 Å². The lowest BCUT2D eigenvalue weighted by Crippen LogP contribution is -2.41. The normalized spacial score (nSPS) is 24.6. The van der Waals surface area contributed by atoms with E-state index in [4.69, 9.17) is 5.73 Å². The Hall–Kier alpha value is -0.610. The van der Waals surface area contributed by atoms with Crippen molar-refractivity contribution in [3.8, 4) is 0 Å². The number of nitrogens with one attached hydrogen (secondary N) is 1. The lowest BCUT2D eigenvalue weighted by atomic mass is 9.78. The maximum atomic E-state index is 12.2. The van der Waals surface area contributed by atoms with E-state index in [0.29, 0.717) is 12.0 Å². The van der Waals surface area contributed by atoms with Crippen LogP contribution >= 0.6 is 0 Å². The van der Waals surface area contributed by atoms with Crippen molar-refractivity contribution in [2.75, 3.05) is 26.2 Å². The predicted molar refractivity (Wildman–Crippen MR) is 84.5 cm³/mol. The van der Waals surface area contributed by atoms with Crippen LogP contribution in [-0.2, 0) is 4.79 Å². The highest BCUT2D eigenvalue weighted by Gasteiger charge is 2.28. The molecule has 4 nitrogen and oxygen atoms in total. The highest BCUT2D eigenvalue weighted by Crippen LogP contribution is 2.29. The van der Waals surface area contributed by atoms with Gasteiger partial charge in [0.2, 0.25) is 5.91 Å². The van der Waals surface area contributed by atoms with Crippen molar-refractivity contribution in [1.29, 1.82) is 0 Å². The van der Waals surface area contributed by atoms with Gasteiger partial charge >= 0.3 is 0 Å². The van der Waals surface area contributed by atoms with E-state index in [9.17, 15) is 4.79 Å². The van der Waals surface area contributed by atoms with Gasteiger partial charge in [-0.3, -0.25) is 4.79 Å². The van der Waals surface area contributed by atoms with Gasteiger partial charge in [0.15, 0.2) is 0 Å². The summed E-state index contributed by atoms with van der Waals surface area (Å²) in [6, 6.07) is 0.295. The van der Waals surface area contributed by atoms with E-state index < -0.39 is 0 Å². The van der Waals surface area contributed by atoms with Crippen molar-refractivity contribution in [2.45, 2.75) is 58.9 Å². The van der Waals surface area contributed by atoms with Crippen molar-refractivity contribution in [3.63, 3.8) is 0 Å². The summed E-state index contributed by atoms with van der Waals surface area (Å²) in [6.45, 7) is 10.3. The number of likely N-dealkylation sites (N-methyl/N-ethyl adjacent to an activating group) is 1. The van der Waals surface area contributed by atoms with Gasteiger partial charge < -0.3 is 16.0 Å². The summed E-state index contributed by atoms with van der Waals surface area (Å²) in [6.07, 6.45) is 5.61. The molecule has 3 N–H and O–H groups in total. The molecule has 0 aromatic carbocycles. The van der Waals surface area contributed by atoms with Gasteiger partial charge in [-0.15, -0.1) is 0 Å². The Morgan fingerprint density at radius 3 is 2.70 bits per heavy atom. The van der Waals surface area contributed by atoms with Crippen LogP contribution in [-0.4, -0.2) is 43.0 Å². The van der Waals surface area contributed by atoms with E-state index in [1.807, 2.05) is 0 Å². The zero-order chi connectivity index (χ0) is 15.0. The minimum absolute atomic E-state index is 0.0996. The molecular weight excluding hydrogens is 250 g/mol. The fraction of sp³-hybridized carbons (Fsp3) is 0.938. The maximum absolute atomic E-state index is 12.2. The monoisotopic (exact) mass is 283 g/mol. The number of amides is 1. The predicted octanol–water partition coefficient (Wildman–Crippen LogP) is 1.99. The summed E-state index contributed by atoms with van der Waals surface area (Å²) >= 11 is 0. The number of carbonyl (C=O) groups is 1. The average molecular weight is 283 g/mol. The highest BCUT2D eigenvalue weighted by atomic mass is 16.1. The molecule has 1 fully saturated rings. The number of hydrogen-bond donors (Lipinski definition) is 2. The minimum Gasteiger partial charge on any atom is -0.355 e. The van der Waals surface area contributed by atoms with Crippen LogP contribution in [0.3, 0.4) is 0 Å². The number of carbonyl (C=O) groups excluding carboxylic acids is 1. The van der Waals surface area contributed by atoms with E-state index in [-0.39, 0.29) is 11.8 Å². The second kappa shape index (κ2) is 9.35. The van der Waals surface area contributed by atoms with E-state index in [1.165, 1.54) is 6.42 Å². The average Bonchev–Trinajstić information content (AvgIpc) is 2.45. The Labute approximate surface area is 124 Å². The molecule has 0 saturated heterocycles. The first kappa shape index (κ1) is 17.4. The fourth-order valence-electron chi connectivity index (χ4n) is 3.18. The summed E-state index contributed by atoms with van der Waals surface area (Å²) in [5.74, 6) is 0.774. The third-order valence-electron chi connectivity index (χ3n) is 4.59. The van der Waals surface area contributed by atoms with Crippen molar-refractivity contribution >= 4 is 5.91 Å². The van der Waals surface area contributed by atoms with Crippen LogP contribution in [0.5, 0.6) is 0 Å². The summed E-state index contributed by atoms with van der Waals surface area (Å²) in [5.41, 5.74) is 6.02. The Morgan fingerprint density at radius 1 is 1.35 bits per heavy atom. The fourth-order valence-corrected chi connectivity index (χ4v) is 3.18. The molecule has 4 heteroatoms. The maximum Gasteiger partial charge on any atom is 0.223 e. The SMILES string of the molecule is CCCN(CC)CCNC(=O)C(C)C1CCCC(N)C1. The lowest BCUT2D eigenvalue weighted by Gasteiger charge is -2.30. The Kier molecular flexibility index (Phi) is 8.15. The number of nitrogens with zero attached hydrogens (tertiary/aromatic N) is 1. The number of rotatable bonds is 8. The zero-order valence-electron chi connectivity index (χ0n) is 13.5. The van der Waals surface area contributed by atoms with Crippen LogP contribution in [0.15, 0.2) is 0 Å². The molecule has 20 heavy (non-hydrogen) atoms. The smallest absolute Gasteiger partial charge is 0.223 e. The first-order valence-corrected chi connectivity index (χ1v) is 8.34. The van der Waals surface area contributed by atoms with Gasteiger partial charge in [-0.05, 0) is 44.7 Å². The molecule has 1 aliphatic carbocycles. The van der Waals surface area contributed by atoms with Gasteiger partial charge in [-0.1, -0.05) is 27.2 Å². The molecule has 0 aliphatic heterocycles. The third-order valence-corrected chi connectivity index (χ3v) is 4.59. The molecule has 1 saturated carbocycles. The zero-order valence-corrected chi connectivity index (χ0v) is 13.5. The van der Waals surface area contributed by atoms with E-state index >= 15 is 0 Å². The lowest BCUT2D eigenvalue weighted by molar-refractivity contribution is -0.126. The quantitative estimate of drug-likeness (QED) is 0.716. The van der Waals surface area contributed by atoms with Crippen LogP contribution in [0.4, 0.5) is 0 Å². The standard InChI is InChI=1S/C16H33N3O/c1-4-10-19(5-2)11-9-18-16(20)13(3)14-7-6-8-15(17)12-14/h13-15H,4-12,17H2,1-3H3,(H,18,20). The van der Waals surface area contributed by atoms with Crippen LogP contribution in [0.1, 0.15) is 52.9 Å². The van der Waals surface area contributed by atoms with Gasteiger partial charge in [0.05, 0.1) is 0 Å². The van der Waals surface area contributed by atoms with Crippen LogP contribution in [0.25, 0.3) is 0 Å². The summed E-state index contributed by atoms with van der Waals surface area (Å²) in [4.78, 5) is 14.6. The van der Waals surface area contributed by atoms with E-state index in [2.05, 4.69) is 31.0 Å². The van der Waals surface area contributed by atoms with Crippen LogP contribution in [0.2, 0.25) is 0 Å². The van der Waals surface area contributed by atoms with Crippen molar-refractivity contribution < 1.29 is 4.79 Å². The number of nitrogens with two attached hydrogens (primary N) is 1. The van der Waals surface area contributed by atoms with Crippen LogP contribution < -0.4 is 11.1 Å².